The Labute approximate surface area is 137 Å². The summed E-state index contributed by atoms with van der Waals surface area (Å²) in [6.45, 7) is 0. The highest BCUT2D eigenvalue weighted by molar-refractivity contribution is 6.13. The summed E-state index contributed by atoms with van der Waals surface area (Å²) in [4.78, 5) is 22.7. The Kier molecular flexibility index (Phi) is 3.50. The summed E-state index contributed by atoms with van der Waals surface area (Å²) < 4.78 is 0. The monoisotopic (exact) mass is 315 g/mol. The number of hydrogen-bond acceptors (Lipinski definition) is 5. The zero-order chi connectivity index (χ0) is 16.4. The van der Waals surface area contributed by atoms with Crippen molar-refractivity contribution in [2.45, 2.75) is 6.42 Å². The van der Waals surface area contributed by atoms with Crippen LogP contribution in [0.3, 0.4) is 0 Å². The lowest BCUT2D eigenvalue weighted by Crippen LogP contribution is -2.21. The van der Waals surface area contributed by atoms with E-state index in [0.29, 0.717) is 12.2 Å². The van der Waals surface area contributed by atoms with Crippen molar-refractivity contribution in [2.75, 3.05) is 0 Å². The highest BCUT2D eigenvalue weighted by atomic mass is 16.1. The van der Waals surface area contributed by atoms with Gasteiger partial charge in [-0.1, -0.05) is 5.73 Å². The number of hydrazone groups is 1. The van der Waals surface area contributed by atoms with Crippen molar-refractivity contribution >= 4 is 17.6 Å². The van der Waals surface area contributed by atoms with Crippen molar-refractivity contribution in [3.05, 3.63) is 88.0 Å². The molecule has 0 bridgehead atoms. The highest BCUT2D eigenvalue weighted by Gasteiger charge is 2.22. The van der Waals surface area contributed by atoms with Gasteiger partial charge < -0.3 is 4.98 Å². The van der Waals surface area contributed by atoms with Gasteiger partial charge in [-0.05, 0) is 30.4 Å². The third-order valence-corrected chi connectivity index (χ3v) is 3.64. The van der Waals surface area contributed by atoms with Gasteiger partial charge in [0.2, 0.25) is 5.56 Å². The number of aromatic nitrogens is 2. The molecule has 0 aliphatic carbocycles. The first-order chi connectivity index (χ1) is 11.8. The van der Waals surface area contributed by atoms with Gasteiger partial charge in [0.15, 0.2) is 5.82 Å². The third-order valence-electron chi connectivity index (χ3n) is 3.64. The van der Waals surface area contributed by atoms with Crippen LogP contribution in [0.1, 0.15) is 17.5 Å². The van der Waals surface area contributed by atoms with Crippen molar-refractivity contribution in [3.8, 4) is 0 Å². The summed E-state index contributed by atoms with van der Waals surface area (Å²) in [6.07, 6.45) is 11.5. The molecule has 0 radical (unpaired) electrons. The molecule has 2 aliphatic rings. The van der Waals surface area contributed by atoms with Gasteiger partial charge in [0.05, 0.1) is 11.4 Å². The minimum Gasteiger partial charge on any atom is -0.328 e. The number of nitrogens with zero attached hydrogens (tertiary/aromatic N) is 4. The first kappa shape index (κ1) is 14.1. The van der Waals surface area contributed by atoms with Crippen molar-refractivity contribution < 1.29 is 0 Å². The molecule has 6 heteroatoms. The van der Waals surface area contributed by atoms with Crippen LogP contribution < -0.4 is 5.56 Å². The molecule has 0 saturated carbocycles. The molecular weight excluding hydrogens is 302 g/mol. The van der Waals surface area contributed by atoms with Gasteiger partial charge in [-0.25, -0.2) is 10.0 Å². The summed E-state index contributed by atoms with van der Waals surface area (Å²) in [5.41, 5.74) is 6.44. The lowest BCUT2D eigenvalue weighted by molar-refractivity contribution is 0.518. The van der Waals surface area contributed by atoms with Crippen LogP contribution in [0.15, 0.2) is 81.4 Å². The van der Waals surface area contributed by atoms with Crippen LogP contribution in [0.2, 0.25) is 0 Å². The van der Waals surface area contributed by atoms with Gasteiger partial charge in [-0.15, -0.1) is 0 Å². The van der Waals surface area contributed by atoms with Crippen molar-refractivity contribution in [2.24, 2.45) is 10.1 Å². The Balaban J connectivity index is 1.89. The number of allylic oxidation sites excluding steroid dienone is 2. The number of pyridine rings is 2. The normalized spacial score (nSPS) is 16.0. The van der Waals surface area contributed by atoms with E-state index >= 15 is 0 Å². The van der Waals surface area contributed by atoms with E-state index in [-0.39, 0.29) is 5.56 Å². The van der Waals surface area contributed by atoms with Crippen LogP contribution in [0.5, 0.6) is 0 Å². The lowest BCUT2D eigenvalue weighted by Gasteiger charge is -2.25. The molecule has 116 valence electrons. The quantitative estimate of drug-likeness (QED) is 0.864. The molecule has 4 rings (SSSR count). The van der Waals surface area contributed by atoms with Gasteiger partial charge in [0, 0.05) is 48.4 Å². The smallest absolute Gasteiger partial charge is 0.247 e. The van der Waals surface area contributed by atoms with Crippen molar-refractivity contribution in [3.63, 3.8) is 0 Å². The lowest BCUT2D eigenvalue weighted by atomic mass is 10.1. The molecule has 0 atom stereocenters. The second-order valence-corrected chi connectivity index (χ2v) is 5.22. The molecule has 2 aromatic rings. The van der Waals surface area contributed by atoms with E-state index in [9.17, 15) is 4.79 Å². The number of hydrogen-bond donors (Lipinski definition) is 1. The van der Waals surface area contributed by atoms with E-state index < -0.39 is 0 Å². The molecule has 0 spiro atoms. The third kappa shape index (κ3) is 2.62. The second-order valence-electron chi connectivity index (χ2n) is 5.22. The van der Waals surface area contributed by atoms with Crippen LogP contribution in [-0.4, -0.2) is 26.9 Å². The molecule has 0 amide bonds. The fourth-order valence-corrected chi connectivity index (χ4v) is 2.49. The fraction of sp³-hybridized carbons (Fsp3) is 0.0556. The predicted molar refractivity (Wildman–Crippen MR) is 92.4 cm³/mol. The maximum atomic E-state index is 11.3. The summed E-state index contributed by atoms with van der Waals surface area (Å²) in [5, 5.41) is 6.23. The van der Waals surface area contributed by atoms with Crippen LogP contribution in [-0.2, 0) is 0 Å². The average Bonchev–Trinajstić information content (AvgIpc) is 2.87. The van der Waals surface area contributed by atoms with E-state index in [0.717, 1.165) is 22.5 Å². The molecule has 2 aromatic heterocycles. The number of nitrogens with one attached hydrogen (secondary N) is 1. The van der Waals surface area contributed by atoms with Crippen LogP contribution in [0.25, 0.3) is 5.70 Å². The topological polar surface area (TPSA) is 73.7 Å². The summed E-state index contributed by atoms with van der Waals surface area (Å²) >= 11 is 0. The van der Waals surface area contributed by atoms with E-state index in [1.165, 1.54) is 6.07 Å². The molecule has 6 nitrogen and oxygen atoms in total. The van der Waals surface area contributed by atoms with Gasteiger partial charge >= 0.3 is 0 Å². The fourth-order valence-electron chi connectivity index (χ4n) is 2.49. The Morgan fingerprint density at radius 2 is 2.00 bits per heavy atom. The molecule has 4 heterocycles. The van der Waals surface area contributed by atoms with E-state index in [2.05, 4.69) is 25.8 Å². The molecule has 1 N–H and O–H groups in total. The summed E-state index contributed by atoms with van der Waals surface area (Å²) in [6, 6.07) is 7.07. The zero-order valence-corrected chi connectivity index (χ0v) is 12.7. The van der Waals surface area contributed by atoms with Crippen molar-refractivity contribution in [1.82, 2.24) is 15.0 Å². The molecule has 0 unspecified atom stereocenters. The van der Waals surface area contributed by atoms with Gasteiger partial charge in [0.25, 0.3) is 0 Å². The first-order valence-corrected chi connectivity index (χ1v) is 7.49. The largest absolute Gasteiger partial charge is 0.328 e. The minimum atomic E-state index is -0.145. The van der Waals surface area contributed by atoms with E-state index in [1.54, 1.807) is 29.7 Å². The number of aromatic amines is 1. The summed E-state index contributed by atoms with van der Waals surface area (Å²) in [7, 11) is 0. The molecule has 2 aliphatic heterocycles. The number of rotatable bonds is 2. The Morgan fingerprint density at radius 1 is 1.12 bits per heavy atom. The van der Waals surface area contributed by atoms with Crippen LogP contribution >= 0.6 is 0 Å². The van der Waals surface area contributed by atoms with Gasteiger partial charge in [-0.3, -0.25) is 9.78 Å². The van der Waals surface area contributed by atoms with Crippen LogP contribution in [0, 0.1) is 0 Å². The van der Waals surface area contributed by atoms with E-state index in [4.69, 9.17) is 0 Å². The van der Waals surface area contributed by atoms with Crippen LogP contribution in [0.4, 0.5) is 0 Å². The maximum absolute atomic E-state index is 11.3. The van der Waals surface area contributed by atoms with Gasteiger partial charge in [-0.2, -0.15) is 5.10 Å². The standard InChI is InChI=1S/C18H13N5O/c24-18-5-4-14(12-20-18)15-11-16(13-6-9-19-10-7-13)23-17(22-15)3-1-2-8-21-23/h1,4-12H,2H2,(H,20,24). The average molecular weight is 315 g/mol. The number of aliphatic imine (C=N–C) groups is 1. The SMILES string of the molecule is O=c1ccc(C2=NC3=C=CCC=NN3C(c3ccncc3)=C2)c[nH]1. The summed E-state index contributed by atoms with van der Waals surface area (Å²) in [5.74, 6) is 0.610. The first-order valence-electron chi connectivity index (χ1n) is 7.49. The Morgan fingerprint density at radius 3 is 2.79 bits per heavy atom. The Hall–Kier alpha value is -3.50. The molecular formula is C18H13N5O. The van der Waals surface area contributed by atoms with E-state index in [1.807, 2.05) is 30.5 Å². The Bertz CT molecular complexity index is 971. The number of H-pyrrole nitrogens is 1. The van der Waals surface area contributed by atoms with Gasteiger partial charge in [0.1, 0.15) is 0 Å². The minimum absolute atomic E-state index is 0.145. The highest BCUT2D eigenvalue weighted by Crippen LogP contribution is 2.29. The predicted octanol–water partition coefficient (Wildman–Crippen LogP) is 2.30. The zero-order valence-electron chi connectivity index (χ0n) is 12.7. The molecule has 0 fully saturated rings. The molecule has 0 aromatic carbocycles. The second kappa shape index (κ2) is 5.95. The maximum Gasteiger partial charge on any atom is 0.247 e. The molecule has 0 saturated heterocycles. The number of fused-ring (bicyclic) bond motifs is 1. The molecule has 24 heavy (non-hydrogen) atoms. The van der Waals surface area contributed by atoms with Crippen molar-refractivity contribution in [1.29, 1.82) is 0 Å².